The van der Waals surface area contributed by atoms with Gasteiger partial charge in [-0.15, -0.1) is 11.6 Å². The molecule has 0 radical (unpaired) electrons. The van der Waals surface area contributed by atoms with Crippen LogP contribution in [0.3, 0.4) is 0 Å². The molecule has 0 spiro atoms. The van der Waals surface area contributed by atoms with Crippen LogP contribution in [0.2, 0.25) is 0 Å². The summed E-state index contributed by atoms with van der Waals surface area (Å²) in [6, 6.07) is 12.2. The van der Waals surface area contributed by atoms with Gasteiger partial charge in [0.05, 0.1) is 4.90 Å². The fraction of sp³-hybridized carbons (Fsp3) is 0.143. The Balaban J connectivity index is 2.13. The molecule has 0 unspecified atom stereocenters. The van der Waals surface area contributed by atoms with E-state index in [9.17, 15) is 12.8 Å². The molecule has 3 nitrogen and oxygen atoms in total. The van der Waals surface area contributed by atoms with Gasteiger partial charge in [-0.1, -0.05) is 30.3 Å². The number of halogens is 2. The molecule has 1 N–H and O–H groups in total. The summed E-state index contributed by atoms with van der Waals surface area (Å²) in [5, 5.41) is 0. The van der Waals surface area contributed by atoms with Crippen LogP contribution in [0.1, 0.15) is 11.1 Å². The van der Waals surface area contributed by atoms with Crippen LogP contribution in [0.4, 0.5) is 4.39 Å². The second kappa shape index (κ2) is 6.35. The van der Waals surface area contributed by atoms with Crippen molar-refractivity contribution >= 4 is 21.6 Å². The molecule has 2 aromatic rings. The van der Waals surface area contributed by atoms with Crippen LogP contribution in [-0.2, 0) is 22.4 Å². The third kappa shape index (κ3) is 3.79. The van der Waals surface area contributed by atoms with Gasteiger partial charge in [0.15, 0.2) is 0 Å². The summed E-state index contributed by atoms with van der Waals surface area (Å²) in [6.45, 7) is 0.129. The number of benzene rings is 2. The number of nitrogens with one attached hydrogen (secondary N) is 1. The Morgan fingerprint density at radius 1 is 1.05 bits per heavy atom. The smallest absolute Gasteiger partial charge is 0.207 e. The van der Waals surface area contributed by atoms with Crippen molar-refractivity contribution in [3.63, 3.8) is 0 Å². The second-order valence-electron chi connectivity index (χ2n) is 4.24. The third-order valence-corrected chi connectivity index (χ3v) is 4.43. The zero-order valence-corrected chi connectivity index (χ0v) is 12.1. The monoisotopic (exact) mass is 313 g/mol. The minimum Gasteiger partial charge on any atom is -0.207 e. The first-order chi connectivity index (χ1) is 9.51. The van der Waals surface area contributed by atoms with E-state index >= 15 is 0 Å². The molecular weight excluding hydrogens is 301 g/mol. The lowest BCUT2D eigenvalue weighted by atomic mass is 10.1. The fourth-order valence-electron chi connectivity index (χ4n) is 1.72. The van der Waals surface area contributed by atoms with Crippen LogP contribution in [0.15, 0.2) is 53.4 Å². The minimum absolute atomic E-state index is 0.0917. The Bertz CT molecular complexity index is 704. The second-order valence-corrected chi connectivity index (χ2v) is 6.27. The van der Waals surface area contributed by atoms with E-state index in [0.717, 1.165) is 17.2 Å². The molecule has 6 heteroatoms. The van der Waals surface area contributed by atoms with E-state index in [1.165, 1.54) is 18.2 Å². The van der Waals surface area contributed by atoms with Crippen molar-refractivity contribution < 1.29 is 12.8 Å². The Hall–Kier alpha value is -1.43. The van der Waals surface area contributed by atoms with Gasteiger partial charge >= 0.3 is 0 Å². The predicted molar refractivity (Wildman–Crippen MR) is 76.4 cm³/mol. The molecule has 0 aliphatic carbocycles. The molecule has 0 atom stereocenters. The number of alkyl halides is 1. The molecule has 0 saturated carbocycles. The van der Waals surface area contributed by atoms with Crippen molar-refractivity contribution in [2.75, 3.05) is 0 Å². The van der Waals surface area contributed by atoms with Crippen LogP contribution in [0.5, 0.6) is 0 Å². The first-order valence-corrected chi connectivity index (χ1v) is 7.92. The van der Waals surface area contributed by atoms with Gasteiger partial charge in [-0.25, -0.2) is 17.5 Å². The maximum absolute atomic E-state index is 13.1. The topological polar surface area (TPSA) is 46.2 Å². The quantitative estimate of drug-likeness (QED) is 0.862. The molecule has 0 bridgehead atoms. The van der Waals surface area contributed by atoms with Crippen molar-refractivity contribution in [3.05, 3.63) is 65.5 Å². The normalized spacial score (nSPS) is 11.5. The van der Waals surface area contributed by atoms with E-state index in [1.807, 2.05) is 18.2 Å². The number of hydrogen-bond donors (Lipinski definition) is 1. The van der Waals surface area contributed by atoms with Crippen molar-refractivity contribution in [1.82, 2.24) is 4.72 Å². The summed E-state index contributed by atoms with van der Waals surface area (Å²) in [6.07, 6.45) is 0. The Morgan fingerprint density at radius 3 is 2.45 bits per heavy atom. The van der Waals surface area contributed by atoms with Crippen LogP contribution >= 0.6 is 11.6 Å². The molecule has 0 aliphatic rings. The van der Waals surface area contributed by atoms with Gasteiger partial charge in [0.1, 0.15) is 5.82 Å². The number of hydrogen-bond acceptors (Lipinski definition) is 2. The molecule has 0 fully saturated rings. The van der Waals surface area contributed by atoms with E-state index in [4.69, 9.17) is 11.6 Å². The minimum atomic E-state index is -3.72. The van der Waals surface area contributed by atoms with Crippen molar-refractivity contribution in [2.45, 2.75) is 17.3 Å². The van der Waals surface area contributed by atoms with Gasteiger partial charge < -0.3 is 0 Å². The van der Waals surface area contributed by atoms with E-state index in [-0.39, 0.29) is 11.4 Å². The van der Waals surface area contributed by atoms with Crippen LogP contribution in [0, 0.1) is 5.82 Å². The average Bonchev–Trinajstić information content (AvgIpc) is 2.45. The molecule has 2 aromatic carbocycles. The van der Waals surface area contributed by atoms with E-state index in [1.54, 1.807) is 6.07 Å². The highest BCUT2D eigenvalue weighted by Gasteiger charge is 2.14. The molecule has 0 saturated heterocycles. The summed E-state index contributed by atoms with van der Waals surface area (Å²) < 4.78 is 39.5. The highest BCUT2D eigenvalue weighted by Crippen LogP contribution is 2.12. The number of sulfonamides is 1. The summed E-state index contributed by atoms with van der Waals surface area (Å²) in [5.41, 5.74) is 1.71. The molecule has 0 amide bonds. The van der Waals surface area contributed by atoms with Crippen molar-refractivity contribution in [2.24, 2.45) is 0 Å². The van der Waals surface area contributed by atoms with Crippen LogP contribution in [0.25, 0.3) is 0 Å². The van der Waals surface area contributed by atoms with Crippen molar-refractivity contribution in [3.8, 4) is 0 Å². The summed E-state index contributed by atoms with van der Waals surface area (Å²) >= 11 is 5.72. The standard InChI is InChI=1S/C14H13ClFNO2S/c15-9-11-3-1-4-12(7-11)10-17-20(18,19)14-6-2-5-13(16)8-14/h1-8,17H,9-10H2. The lowest BCUT2D eigenvalue weighted by Crippen LogP contribution is -2.23. The van der Waals surface area contributed by atoms with Gasteiger partial charge in [-0.3, -0.25) is 0 Å². The zero-order chi connectivity index (χ0) is 14.6. The van der Waals surface area contributed by atoms with Gasteiger partial charge in [0.25, 0.3) is 0 Å². The maximum atomic E-state index is 13.1. The van der Waals surface area contributed by atoms with E-state index in [0.29, 0.717) is 5.88 Å². The Kier molecular flexibility index (Phi) is 4.75. The average molecular weight is 314 g/mol. The van der Waals surface area contributed by atoms with Gasteiger partial charge in [0.2, 0.25) is 10.0 Å². The SMILES string of the molecule is O=S(=O)(NCc1cccc(CCl)c1)c1cccc(F)c1. The largest absolute Gasteiger partial charge is 0.240 e. The Morgan fingerprint density at radius 2 is 1.75 bits per heavy atom. The molecule has 2 rings (SSSR count). The summed E-state index contributed by atoms with van der Waals surface area (Å²) in [5.74, 6) is -0.221. The van der Waals surface area contributed by atoms with Crippen LogP contribution in [-0.4, -0.2) is 8.42 Å². The highest BCUT2D eigenvalue weighted by atomic mass is 35.5. The lowest BCUT2D eigenvalue weighted by molar-refractivity contribution is 0.577. The van der Waals surface area contributed by atoms with Gasteiger partial charge in [0, 0.05) is 12.4 Å². The van der Waals surface area contributed by atoms with Gasteiger partial charge in [-0.05, 0) is 29.3 Å². The predicted octanol–water partition coefficient (Wildman–Crippen LogP) is 3.04. The van der Waals surface area contributed by atoms with Gasteiger partial charge in [-0.2, -0.15) is 0 Å². The van der Waals surface area contributed by atoms with E-state index in [2.05, 4.69) is 4.72 Å². The first kappa shape index (κ1) is 15.0. The number of rotatable bonds is 5. The first-order valence-electron chi connectivity index (χ1n) is 5.90. The lowest BCUT2D eigenvalue weighted by Gasteiger charge is -2.07. The van der Waals surface area contributed by atoms with E-state index < -0.39 is 15.8 Å². The molecule has 20 heavy (non-hydrogen) atoms. The Labute approximate surface area is 122 Å². The fourth-order valence-corrected chi connectivity index (χ4v) is 2.93. The highest BCUT2D eigenvalue weighted by molar-refractivity contribution is 7.89. The molecule has 0 aromatic heterocycles. The van der Waals surface area contributed by atoms with Crippen LogP contribution < -0.4 is 4.72 Å². The third-order valence-electron chi connectivity index (χ3n) is 2.72. The summed E-state index contributed by atoms with van der Waals surface area (Å²) in [4.78, 5) is -0.0917. The molecular formula is C14H13ClFNO2S. The maximum Gasteiger partial charge on any atom is 0.240 e. The molecule has 0 heterocycles. The molecule has 0 aliphatic heterocycles. The molecule has 106 valence electrons. The zero-order valence-electron chi connectivity index (χ0n) is 10.5. The summed E-state index contributed by atoms with van der Waals surface area (Å²) in [7, 11) is -3.72. The van der Waals surface area contributed by atoms with Crippen molar-refractivity contribution in [1.29, 1.82) is 0 Å².